The largest absolute Gasteiger partial charge is 0.366 e. The second-order valence-electron chi connectivity index (χ2n) is 3.47. The van der Waals surface area contributed by atoms with Crippen molar-refractivity contribution in [2.45, 2.75) is 13.8 Å². The minimum absolute atomic E-state index is 0.377. The number of benzene rings is 1. The summed E-state index contributed by atoms with van der Waals surface area (Å²) in [6.45, 7) is 3.97. The molecule has 3 nitrogen and oxygen atoms in total. The lowest BCUT2D eigenvalue weighted by Gasteiger charge is -1.98. The second-order valence-corrected chi connectivity index (χ2v) is 3.47. The van der Waals surface area contributed by atoms with E-state index in [9.17, 15) is 4.79 Å². The van der Waals surface area contributed by atoms with Crippen LogP contribution in [0.5, 0.6) is 0 Å². The highest BCUT2D eigenvalue weighted by Crippen LogP contribution is 2.24. The highest BCUT2D eigenvalue weighted by Gasteiger charge is 2.11. The number of nitrogens with one attached hydrogen (secondary N) is 1. The van der Waals surface area contributed by atoms with Crippen molar-refractivity contribution in [3.05, 3.63) is 35.0 Å². The molecule has 0 spiro atoms. The topological polar surface area (TPSA) is 58.9 Å². The van der Waals surface area contributed by atoms with E-state index in [2.05, 4.69) is 4.98 Å². The molecule has 0 aliphatic carbocycles. The number of carbonyl (C=O) groups is 1. The number of aryl methyl sites for hydroxylation is 2. The fourth-order valence-electron chi connectivity index (χ4n) is 1.75. The molecule has 0 radical (unpaired) electrons. The number of rotatable bonds is 1. The van der Waals surface area contributed by atoms with Crippen molar-refractivity contribution < 1.29 is 4.79 Å². The Balaban J connectivity index is 2.91. The van der Waals surface area contributed by atoms with Gasteiger partial charge in [0.2, 0.25) is 5.91 Å². The maximum Gasteiger partial charge on any atom is 0.249 e. The summed E-state index contributed by atoms with van der Waals surface area (Å²) >= 11 is 0. The van der Waals surface area contributed by atoms with Gasteiger partial charge < -0.3 is 10.7 Å². The standard InChI is InChI=1S/C11H12N2O/c1-6-7(2)13-9-5-3-4-8(10(6)9)11(12)14/h3-5,13H,1-2H3,(H2,12,14). The Morgan fingerprint density at radius 1 is 1.36 bits per heavy atom. The quantitative estimate of drug-likeness (QED) is 0.705. The molecule has 2 aromatic rings. The summed E-state index contributed by atoms with van der Waals surface area (Å²) in [5, 5.41) is 0.942. The van der Waals surface area contributed by atoms with Gasteiger partial charge in [0, 0.05) is 22.2 Å². The first-order valence-corrected chi connectivity index (χ1v) is 4.49. The van der Waals surface area contributed by atoms with Crippen LogP contribution in [0.4, 0.5) is 0 Å². The summed E-state index contributed by atoms with van der Waals surface area (Å²) in [4.78, 5) is 14.4. The number of hydrogen-bond donors (Lipinski definition) is 2. The predicted octanol–water partition coefficient (Wildman–Crippen LogP) is 1.88. The van der Waals surface area contributed by atoms with Crippen LogP contribution in [0.2, 0.25) is 0 Å². The first-order chi connectivity index (χ1) is 6.61. The lowest BCUT2D eigenvalue weighted by atomic mass is 10.1. The van der Waals surface area contributed by atoms with Gasteiger partial charge in [-0.2, -0.15) is 0 Å². The highest BCUT2D eigenvalue weighted by molar-refractivity contribution is 6.07. The molecule has 2 rings (SSSR count). The van der Waals surface area contributed by atoms with E-state index in [0.29, 0.717) is 5.56 Å². The van der Waals surface area contributed by atoms with Crippen LogP contribution >= 0.6 is 0 Å². The summed E-state index contributed by atoms with van der Waals surface area (Å²) in [6.07, 6.45) is 0. The minimum Gasteiger partial charge on any atom is -0.366 e. The van der Waals surface area contributed by atoms with Crippen LogP contribution in [-0.2, 0) is 0 Å². The molecule has 0 unspecified atom stereocenters. The molecule has 0 saturated heterocycles. The Labute approximate surface area is 81.9 Å². The van der Waals surface area contributed by atoms with Gasteiger partial charge in [0.1, 0.15) is 0 Å². The summed E-state index contributed by atoms with van der Waals surface area (Å²) < 4.78 is 0. The van der Waals surface area contributed by atoms with Crippen LogP contribution in [0, 0.1) is 13.8 Å². The summed E-state index contributed by atoms with van der Waals surface area (Å²) in [7, 11) is 0. The molecule has 1 amide bonds. The molecule has 0 atom stereocenters. The van der Waals surface area contributed by atoms with E-state index >= 15 is 0 Å². The number of hydrogen-bond acceptors (Lipinski definition) is 1. The minimum atomic E-state index is -0.377. The van der Waals surface area contributed by atoms with Crippen molar-refractivity contribution in [2.75, 3.05) is 0 Å². The number of nitrogens with two attached hydrogens (primary N) is 1. The lowest BCUT2D eigenvalue weighted by molar-refractivity contribution is 0.100. The van der Waals surface area contributed by atoms with Gasteiger partial charge in [0.05, 0.1) is 0 Å². The molecule has 0 aliphatic rings. The molecule has 0 saturated carbocycles. The number of H-pyrrole nitrogens is 1. The zero-order chi connectivity index (χ0) is 10.3. The zero-order valence-corrected chi connectivity index (χ0v) is 8.22. The summed E-state index contributed by atoms with van der Waals surface area (Å²) in [5.41, 5.74) is 9.03. The first-order valence-electron chi connectivity index (χ1n) is 4.49. The second kappa shape index (κ2) is 2.87. The Kier molecular flexibility index (Phi) is 1.81. The number of primary amides is 1. The van der Waals surface area contributed by atoms with Gasteiger partial charge in [-0.15, -0.1) is 0 Å². The van der Waals surface area contributed by atoms with Gasteiger partial charge in [-0.25, -0.2) is 0 Å². The van der Waals surface area contributed by atoms with Crippen molar-refractivity contribution in [1.29, 1.82) is 0 Å². The van der Waals surface area contributed by atoms with E-state index in [4.69, 9.17) is 5.73 Å². The third kappa shape index (κ3) is 1.09. The van der Waals surface area contributed by atoms with Gasteiger partial charge in [0.25, 0.3) is 0 Å². The molecule has 3 heteroatoms. The Morgan fingerprint density at radius 3 is 2.71 bits per heavy atom. The fraction of sp³-hybridized carbons (Fsp3) is 0.182. The van der Waals surface area contributed by atoms with Crippen molar-refractivity contribution in [2.24, 2.45) is 5.73 Å². The van der Waals surface area contributed by atoms with Crippen LogP contribution in [0.15, 0.2) is 18.2 Å². The Bertz CT molecular complexity index is 511. The number of aromatic amines is 1. The smallest absolute Gasteiger partial charge is 0.249 e. The number of carbonyl (C=O) groups excluding carboxylic acids is 1. The van der Waals surface area contributed by atoms with Crippen LogP contribution in [-0.4, -0.2) is 10.9 Å². The maximum absolute atomic E-state index is 11.2. The Morgan fingerprint density at radius 2 is 2.07 bits per heavy atom. The van der Waals surface area contributed by atoms with Crippen molar-refractivity contribution in [1.82, 2.24) is 4.98 Å². The third-order valence-electron chi connectivity index (χ3n) is 2.59. The van der Waals surface area contributed by atoms with E-state index in [1.807, 2.05) is 26.0 Å². The monoisotopic (exact) mass is 188 g/mol. The van der Waals surface area contributed by atoms with Crippen molar-refractivity contribution in [3.8, 4) is 0 Å². The van der Waals surface area contributed by atoms with E-state index in [1.165, 1.54) is 0 Å². The molecule has 0 aliphatic heterocycles. The third-order valence-corrected chi connectivity index (χ3v) is 2.59. The molecule has 1 aromatic carbocycles. The van der Waals surface area contributed by atoms with Crippen LogP contribution in [0.25, 0.3) is 10.9 Å². The van der Waals surface area contributed by atoms with Crippen LogP contribution in [0.3, 0.4) is 0 Å². The fourth-order valence-corrected chi connectivity index (χ4v) is 1.75. The summed E-state index contributed by atoms with van der Waals surface area (Å²) in [5.74, 6) is -0.377. The summed E-state index contributed by atoms with van der Waals surface area (Å²) in [6, 6.07) is 5.53. The van der Waals surface area contributed by atoms with E-state index in [1.54, 1.807) is 6.07 Å². The van der Waals surface area contributed by atoms with Gasteiger partial charge in [-0.05, 0) is 31.5 Å². The van der Waals surface area contributed by atoms with E-state index in [0.717, 1.165) is 22.2 Å². The lowest BCUT2D eigenvalue weighted by Crippen LogP contribution is -2.11. The molecule has 14 heavy (non-hydrogen) atoms. The molecule has 0 bridgehead atoms. The number of aromatic nitrogens is 1. The highest BCUT2D eigenvalue weighted by atomic mass is 16.1. The SMILES string of the molecule is Cc1[nH]c2cccc(C(N)=O)c2c1C. The average Bonchev–Trinajstić information content (AvgIpc) is 2.43. The van der Waals surface area contributed by atoms with Gasteiger partial charge in [-0.3, -0.25) is 4.79 Å². The molecular formula is C11H12N2O. The van der Waals surface area contributed by atoms with Crippen molar-refractivity contribution >= 4 is 16.8 Å². The van der Waals surface area contributed by atoms with Crippen LogP contribution in [0.1, 0.15) is 21.6 Å². The maximum atomic E-state index is 11.2. The molecular weight excluding hydrogens is 176 g/mol. The zero-order valence-electron chi connectivity index (χ0n) is 8.22. The van der Waals surface area contributed by atoms with Crippen LogP contribution < -0.4 is 5.73 Å². The number of fused-ring (bicyclic) bond motifs is 1. The molecule has 1 aromatic heterocycles. The molecule has 72 valence electrons. The van der Waals surface area contributed by atoms with Gasteiger partial charge in [0.15, 0.2) is 0 Å². The average molecular weight is 188 g/mol. The Hall–Kier alpha value is -1.77. The molecule has 0 fully saturated rings. The van der Waals surface area contributed by atoms with Gasteiger partial charge >= 0.3 is 0 Å². The van der Waals surface area contributed by atoms with E-state index < -0.39 is 0 Å². The first kappa shape index (κ1) is 8.81. The molecule has 1 heterocycles. The van der Waals surface area contributed by atoms with Crippen molar-refractivity contribution in [3.63, 3.8) is 0 Å². The normalized spacial score (nSPS) is 10.7. The number of amides is 1. The molecule has 3 N–H and O–H groups in total. The van der Waals surface area contributed by atoms with Gasteiger partial charge in [-0.1, -0.05) is 6.07 Å². The van der Waals surface area contributed by atoms with E-state index in [-0.39, 0.29) is 5.91 Å². The predicted molar refractivity (Wildman–Crippen MR) is 56.3 cm³/mol.